The van der Waals surface area contributed by atoms with Crippen molar-refractivity contribution in [1.82, 2.24) is 0 Å². The lowest BCUT2D eigenvalue weighted by Crippen LogP contribution is -2.69. The lowest BCUT2D eigenvalue weighted by molar-refractivity contribution is -0.228. The highest BCUT2D eigenvalue weighted by atomic mass is 16.5. The summed E-state index contributed by atoms with van der Waals surface area (Å²) in [4.78, 5) is 25.6. The van der Waals surface area contributed by atoms with Crippen LogP contribution in [-0.2, 0) is 14.3 Å². The van der Waals surface area contributed by atoms with Gasteiger partial charge >= 0.3 is 5.97 Å². The molecular weight excluding hydrogens is 432 g/mol. The molecule has 0 aromatic heterocycles. The Morgan fingerprint density at radius 1 is 1.03 bits per heavy atom. The standard InChI is InChI=1S/C28H40O6/c1-15-14-21(34-24(31)16(15)2)17(3)27(32)13-10-19-18-8-12-28(33)23(30)7-6-22(29)26(28,5)20(18)9-11-25(19,27)4/h6-7,17-21,23,30,32-33H,8-14H2,1-5H3/t17-,18+,19+,20+,21?,23+,25+,26+,27+,28+/m1/s1. The maximum atomic E-state index is 13.2. The molecule has 0 amide bonds. The summed E-state index contributed by atoms with van der Waals surface area (Å²) >= 11 is 0. The Hall–Kier alpha value is -1.50. The summed E-state index contributed by atoms with van der Waals surface area (Å²) in [6.07, 6.45) is 6.25. The van der Waals surface area contributed by atoms with Crippen molar-refractivity contribution < 1.29 is 29.6 Å². The van der Waals surface area contributed by atoms with Gasteiger partial charge in [0.15, 0.2) is 5.78 Å². The highest BCUT2D eigenvalue weighted by molar-refractivity contribution is 5.97. The van der Waals surface area contributed by atoms with E-state index < -0.39 is 22.7 Å². The molecular formula is C28H40O6. The number of rotatable bonds is 2. The predicted octanol–water partition coefficient (Wildman–Crippen LogP) is 3.48. The Morgan fingerprint density at radius 2 is 1.71 bits per heavy atom. The van der Waals surface area contributed by atoms with Crippen LogP contribution in [0.2, 0.25) is 0 Å². The minimum absolute atomic E-state index is 0.0329. The first-order valence-electron chi connectivity index (χ1n) is 13.0. The molecule has 0 bridgehead atoms. The minimum Gasteiger partial charge on any atom is -0.458 e. The van der Waals surface area contributed by atoms with E-state index in [1.54, 1.807) is 6.92 Å². The molecule has 34 heavy (non-hydrogen) atoms. The zero-order chi connectivity index (χ0) is 24.8. The third kappa shape index (κ3) is 2.79. The zero-order valence-corrected chi connectivity index (χ0v) is 21.1. The molecule has 0 spiro atoms. The Morgan fingerprint density at radius 3 is 2.38 bits per heavy atom. The first-order valence-corrected chi connectivity index (χ1v) is 13.0. The molecule has 5 rings (SSSR count). The first kappa shape index (κ1) is 24.2. The maximum absolute atomic E-state index is 13.2. The van der Waals surface area contributed by atoms with E-state index in [0.717, 1.165) is 31.3 Å². The highest BCUT2D eigenvalue weighted by Crippen LogP contribution is 2.69. The highest BCUT2D eigenvalue weighted by Gasteiger charge is 2.71. The zero-order valence-electron chi connectivity index (χ0n) is 21.1. The molecule has 6 heteroatoms. The van der Waals surface area contributed by atoms with Crippen LogP contribution in [0.5, 0.6) is 0 Å². The summed E-state index contributed by atoms with van der Waals surface area (Å²) < 4.78 is 5.80. The van der Waals surface area contributed by atoms with Crippen LogP contribution in [0.1, 0.15) is 79.6 Å². The molecule has 0 radical (unpaired) electrons. The van der Waals surface area contributed by atoms with Gasteiger partial charge in [0.2, 0.25) is 0 Å². The number of esters is 1. The van der Waals surface area contributed by atoms with Crippen LogP contribution in [0, 0.1) is 34.5 Å². The number of allylic oxidation sites excluding steroid dienone is 1. The summed E-state index contributed by atoms with van der Waals surface area (Å²) in [6.45, 7) is 9.84. The second-order valence-corrected chi connectivity index (χ2v) is 12.5. The van der Waals surface area contributed by atoms with E-state index in [4.69, 9.17) is 4.74 Å². The maximum Gasteiger partial charge on any atom is 0.333 e. The van der Waals surface area contributed by atoms with Crippen LogP contribution >= 0.6 is 0 Å². The third-order valence-corrected chi connectivity index (χ3v) is 11.6. The van der Waals surface area contributed by atoms with Crippen molar-refractivity contribution in [1.29, 1.82) is 0 Å². The molecule has 5 aliphatic rings. The van der Waals surface area contributed by atoms with E-state index in [0.29, 0.717) is 24.8 Å². The van der Waals surface area contributed by atoms with Gasteiger partial charge in [-0.25, -0.2) is 4.79 Å². The van der Waals surface area contributed by atoms with Gasteiger partial charge in [-0.1, -0.05) is 19.4 Å². The Balaban J connectivity index is 1.46. The van der Waals surface area contributed by atoms with Crippen LogP contribution in [-0.4, -0.2) is 50.5 Å². The molecule has 1 aliphatic heterocycles. The molecule has 4 aliphatic carbocycles. The molecule has 0 saturated heterocycles. The van der Waals surface area contributed by atoms with E-state index in [1.807, 2.05) is 20.8 Å². The number of carbonyl (C=O) groups is 2. The van der Waals surface area contributed by atoms with Gasteiger partial charge in [0.05, 0.1) is 11.0 Å². The van der Waals surface area contributed by atoms with Crippen LogP contribution < -0.4 is 0 Å². The average Bonchev–Trinajstić information content (AvgIpc) is 3.08. The molecule has 3 fully saturated rings. The van der Waals surface area contributed by atoms with Gasteiger partial charge in [-0.15, -0.1) is 0 Å². The Bertz CT molecular complexity index is 983. The van der Waals surface area contributed by atoms with Gasteiger partial charge in [-0.3, -0.25) is 4.79 Å². The lowest BCUT2D eigenvalue weighted by Gasteiger charge is -2.63. The number of hydrogen-bond donors (Lipinski definition) is 3. The van der Waals surface area contributed by atoms with Gasteiger partial charge in [-0.05, 0) is 94.6 Å². The number of ketones is 1. The summed E-state index contributed by atoms with van der Waals surface area (Å²) in [5.74, 6) is -0.196. The van der Waals surface area contributed by atoms with E-state index in [-0.39, 0.29) is 46.9 Å². The fourth-order valence-electron chi connectivity index (χ4n) is 9.02. The lowest BCUT2D eigenvalue weighted by atomic mass is 9.42. The average molecular weight is 473 g/mol. The molecule has 1 unspecified atom stereocenters. The van der Waals surface area contributed by atoms with Crippen LogP contribution in [0.4, 0.5) is 0 Å². The van der Waals surface area contributed by atoms with Gasteiger partial charge < -0.3 is 20.1 Å². The van der Waals surface area contributed by atoms with E-state index in [2.05, 4.69) is 6.92 Å². The van der Waals surface area contributed by atoms with Crippen molar-refractivity contribution in [3.8, 4) is 0 Å². The molecule has 188 valence electrons. The second-order valence-electron chi connectivity index (χ2n) is 12.5. The Kier molecular flexibility index (Phi) is 5.34. The predicted molar refractivity (Wildman–Crippen MR) is 126 cm³/mol. The first-order chi connectivity index (χ1) is 15.8. The van der Waals surface area contributed by atoms with Crippen molar-refractivity contribution >= 4 is 11.8 Å². The summed E-state index contributed by atoms with van der Waals surface area (Å²) in [5, 5.41) is 34.5. The monoisotopic (exact) mass is 472 g/mol. The van der Waals surface area contributed by atoms with Gasteiger partial charge in [0, 0.05) is 17.9 Å². The van der Waals surface area contributed by atoms with E-state index in [1.165, 1.54) is 12.2 Å². The van der Waals surface area contributed by atoms with E-state index >= 15 is 0 Å². The van der Waals surface area contributed by atoms with Crippen LogP contribution in [0.25, 0.3) is 0 Å². The summed E-state index contributed by atoms with van der Waals surface area (Å²) in [6, 6.07) is 0. The van der Waals surface area contributed by atoms with Gasteiger partial charge in [0.1, 0.15) is 17.8 Å². The molecule has 10 atom stereocenters. The minimum atomic E-state index is -1.44. The topological polar surface area (TPSA) is 104 Å². The van der Waals surface area contributed by atoms with Crippen LogP contribution in [0.15, 0.2) is 23.3 Å². The molecule has 1 heterocycles. The van der Waals surface area contributed by atoms with Crippen LogP contribution in [0.3, 0.4) is 0 Å². The fourth-order valence-corrected chi connectivity index (χ4v) is 9.02. The number of hydrogen-bond acceptors (Lipinski definition) is 6. The molecule has 0 aromatic rings. The van der Waals surface area contributed by atoms with Crippen molar-refractivity contribution in [2.75, 3.05) is 0 Å². The van der Waals surface area contributed by atoms with Crippen molar-refractivity contribution in [2.45, 2.75) is 103 Å². The van der Waals surface area contributed by atoms with Crippen molar-refractivity contribution in [2.24, 2.45) is 34.5 Å². The van der Waals surface area contributed by atoms with Crippen molar-refractivity contribution in [3.05, 3.63) is 23.3 Å². The fraction of sp³-hybridized carbons (Fsp3) is 0.786. The quantitative estimate of drug-likeness (QED) is 0.532. The number of cyclic esters (lactones) is 1. The molecule has 3 N–H and O–H groups in total. The molecule has 0 aromatic carbocycles. The summed E-state index contributed by atoms with van der Waals surface area (Å²) in [5.41, 5.74) is -2.08. The van der Waals surface area contributed by atoms with Gasteiger partial charge in [0.25, 0.3) is 0 Å². The normalized spacial score (nSPS) is 51.5. The Labute approximate surface area is 202 Å². The summed E-state index contributed by atoms with van der Waals surface area (Å²) in [7, 11) is 0. The number of ether oxygens (including phenoxy) is 1. The molecule has 3 saturated carbocycles. The number of fused-ring (bicyclic) bond motifs is 5. The van der Waals surface area contributed by atoms with Gasteiger partial charge in [-0.2, -0.15) is 0 Å². The number of aliphatic hydroxyl groups is 3. The number of aliphatic hydroxyl groups excluding tert-OH is 1. The number of carbonyl (C=O) groups excluding carboxylic acids is 2. The van der Waals surface area contributed by atoms with Crippen molar-refractivity contribution in [3.63, 3.8) is 0 Å². The third-order valence-electron chi connectivity index (χ3n) is 11.6. The smallest absolute Gasteiger partial charge is 0.333 e. The molecule has 6 nitrogen and oxygen atoms in total. The second kappa shape index (κ2) is 7.50. The largest absolute Gasteiger partial charge is 0.458 e. The SMILES string of the molecule is CC1=C(C)C(=O)OC([C@@H](C)[C@@]2(O)CC[C@H]3[C@@H]4CC[C@]5(O)[C@@H](O)C=CC(=O)[C@]5(C)[C@H]4CC[C@@]32C)C1. The van der Waals surface area contributed by atoms with E-state index in [9.17, 15) is 24.9 Å².